The van der Waals surface area contributed by atoms with E-state index in [0.29, 0.717) is 19.4 Å². The maximum Gasteiger partial charge on any atom is 0.243 e. The molecule has 0 radical (unpaired) electrons. The van der Waals surface area contributed by atoms with Crippen LogP contribution >= 0.6 is 23.2 Å². The molecule has 2 aliphatic heterocycles. The molecule has 10 heteroatoms. The lowest BCUT2D eigenvalue weighted by atomic mass is 9.96. The zero-order valence-corrected chi connectivity index (χ0v) is 19.1. The molecule has 31 heavy (non-hydrogen) atoms. The zero-order valence-electron chi connectivity index (χ0n) is 16.8. The van der Waals surface area contributed by atoms with E-state index in [4.69, 9.17) is 23.2 Å². The predicted molar refractivity (Wildman–Crippen MR) is 117 cm³/mol. The van der Waals surface area contributed by atoms with Crippen LogP contribution in [0.3, 0.4) is 0 Å². The Balaban J connectivity index is 1.54. The Labute approximate surface area is 191 Å². The van der Waals surface area contributed by atoms with Crippen LogP contribution in [-0.2, 0) is 21.4 Å². The van der Waals surface area contributed by atoms with Crippen molar-refractivity contribution in [3.8, 4) is 0 Å². The number of piperidine rings is 1. The Bertz CT molecular complexity index is 1100. The molecule has 2 saturated heterocycles. The molecule has 1 amide bonds. The topological polar surface area (TPSA) is 69.7 Å². The van der Waals surface area contributed by atoms with E-state index in [1.807, 2.05) is 0 Å². The molecule has 166 valence electrons. The van der Waals surface area contributed by atoms with E-state index in [1.54, 1.807) is 24.0 Å². The van der Waals surface area contributed by atoms with Crippen LogP contribution in [0.25, 0.3) is 0 Å². The number of hydrogen-bond acceptors (Lipinski definition) is 4. The number of carbonyl (C=O) groups is 1. The highest BCUT2D eigenvalue weighted by Gasteiger charge is 2.51. The number of hydrogen-bond donors (Lipinski definition) is 1. The smallest absolute Gasteiger partial charge is 0.243 e. The van der Waals surface area contributed by atoms with Crippen molar-refractivity contribution in [2.24, 2.45) is 0 Å². The molecule has 0 aromatic heterocycles. The lowest BCUT2D eigenvalue weighted by molar-refractivity contribution is -0.133. The van der Waals surface area contributed by atoms with Gasteiger partial charge in [0.15, 0.2) is 0 Å². The molecule has 2 aromatic rings. The standard InChI is InChI=1S/C21H22Cl2FN3O3S/c1-14-20(28)27(13-15-2-4-16(24)5-3-15)21(25-14)8-10-26(11-9-21)31(29,30)17-6-7-18(22)19(23)12-17/h2-7,12,14,25H,8-11,13H2,1H3/t14-/m1/s1. The summed E-state index contributed by atoms with van der Waals surface area (Å²) >= 11 is 11.9. The van der Waals surface area contributed by atoms with Crippen LogP contribution in [0.15, 0.2) is 47.4 Å². The first-order valence-corrected chi connectivity index (χ1v) is 12.1. The van der Waals surface area contributed by atoms with E-state index in [-0.39, 0.29) is 45.8 Å². The van der Waals surface area contributed by atoms with E-state index in [0.717, 1.165) is 5.56 Å². The summed E-state index contributed by atoms with van der Waals surface area (Å²) in [5.41, 5.74) is 0.171. The number of nitrogens with one attached hydrogen (secondary N) is 1. The molecule has 6 nitrogen and oxygen atoms in total. The quantitative estimate of drug-likeness (QED) is 0.717. The summed E-state index contributed by atoms with van der Waals surface area (Å²) in [4.78, 5) is 14.7. The van der Waals surface area contributed by atoms with Gasteiger partial charge < -0.3 is 4.90 Å². The van der Waals surface area contributed by atoms with Gasteiger partial charge in [0.05, 0.1) is 26.6 Å². The number of amides is 1. The SMILES string of the molecule is C[C@H]1NC2(CCN(S(=O)(=O)c3ccc(Cl)c(Cl)c3)CC2)N(Cc2ccc(F)cc2)C1=O. The molecule has 2 aliphatic rings. The number of benzene rings is 2. The van der Waals surface area contributed by atoms with Gasteiger partial charge in [-0.3, -0.25) is 10.1 Å². The zero-order chi connectivity index (χ0) is 22.4. The van der Waals surface area contributed by atoms with Crippen LogP contribution in [0.5, 0.6) is 0 Å². The first-order chi connectivity index (χ1) is 14.6. The van der Waals surface area contributed by atoms with Crippen molar-refractivity contribution in [3.05, 3.63) is 63.9 Å². The summed E-state index contributed by atoms with van der Waals surface area (Å²) in [5.74, 6) is -0.386. The second kappa shape index (κ2) is 8.33. The third-order valence-electron chi connectivity index (χ3n) is 5.97. The van der Waals surface area contributed by atoms with Crippen molar-refractivity contribution >= 4 is 39.1 Å². The Morgan fingerprint density at radius 1 is 1.10 bits per heavy atom. The monoisotopic (exact) mass is 485 g/mol. The lowest BCUT2D eigenvalue weighted by Crippen LogP contribution is -2.59. The van der Waals surface area contributed by atoms with Crippen LogP contribution in [0.1, 0.15) is 25.3 Å². The van der Waals surface area contributed by atoms with Crippen LogP contribution < -0.4 is 5.32 Å². The lowest BCUT2D eigenvalue weighted by Gasteiger charge is -2.44. The summed E-state index contributed by atoms with van der Waals surface area (Å²) in [7, 11) is -3.74. The van der Waals surface area contributed by atoms with E-state index in [9.17, 15) is 17.6 Å². The average Bonchev–Trinajstić information content (AvgIpc) is 2.96. The third kappa shape index (κ3) is 4.19. The molecule has 0 bridgehead atoms. The second-order valence-corrected chi connectivity index (χ2v) is 10.7. The van der Waals surface area contributed by atoms with Gasteiger partial charge in [-0.2, -0.15) is 4.31 Å². The Morgan fingerprint density at radius 2 is 1.74 bits per heavy atom. The van der Waals surface area contributed by atoms with Gasteiger partial charge in [-0.05, 0) is 55.7 Å². The molecular formula is C21H22Cl2FN3O3S. The maximum absolute atomic E-state index is 13.3. The summed E-state index contributed by atoms with van der Waals surface area (Å²) < 4.78 is 40.8. The Kier molecular flexibility index (Phi) is 6.04. The fourth-order valence-corrected chi connectivity index (χ4v) is 6.12. The normalized spacial score (nSPS) is 21.7. The minimum atomic E-state index is -3.74. The fourth-order valence-electron chi connectivity index (χ4n) is 4.29. The predicted octanol–water partition coefficient (Wildman–Crippen LogP) is 3.63. The van der Waals surface area contributed by atoms with Crippen molar-refractivity contribution in [2.45, 2.75) is 42.9 Å². The van der Waals surface area contributed by atoms with Crippen molar-refractivity contribution in [3.63, 3.8) is 0 Å². The van der Waals surface area contributed by atoms with Crippen LogP contribution in [0, 0.1) is 5.82 Å². The van der Waals surface area contributed by atoms with Crippen molar-refractivity contribution in [1.82, 2.24) is 14.5 Å². The van der Waals surface area contributed by atoms with E-state index in [1.165, 1.54) is 34.6 Å². The molecule has 1 N–H and O–H groups in total. The first kappa shape index (κ1) is 22.5. The molecule has 2 fully saturated rings. The molecule has 2 aromatic carbocycles. The van der Waals surface area contributed by atoms with E-state index in [2.05, 4.69) is 5.32 Å². The summed E-state index contributed by atoms with van der Waals surface area (Å²) in [6.45, 7) is 2.62. The van der Waals surface area contributed by atoms with Gasteiger partial charge in [0.25, 0.3) is 0 Å². The molecule has 1 spiro atoms. The molecule has 0 aliphatic carbocycles. The number of sulfonamides is 1. The molecule has 0 saturated carbocycles. The van der Waals surface area contributed by atoms with Gasteiger partial charge in [0, 0.05) is 19.6 Å². The van der Waals surface area contributed by atoms with Crippen molar-refractivity contribution in [2.75, 3.05) is 13.1 Å². The van der Waals surface area contributed by atoms with Crippen LogP contribution in [-0.4, -0.2) is 48.3 Å². The van der Waals surface area contributed by atoms with Gasteiger partial charge in [-0.15, -0.1) is 0 Å². The highest BCUT2D eigenvalue weighted by Crippen LogP contribution is 2.36. The molecule has 0 unspecified atom stereocenters. The number of halogens is 3. The van der Waals surface area contributed by atoms with Gasteiger partial charge in [-0.25, -0.2) is 12.8 Å². The van der Waals surface area contributed by atoms with Crippen molar-refractivity contribution in [1.29, 1.82) is 0 Å². The Hall–Kier alpha value is -1.71. The average molecular weight is 486 g/mol. The van der Waals surface area contributed by atoms with Gasteiger partial charge in [-0.1, -0.05) is 35.3 Å². The minimum absolute atomic E-state index is 0.0508. The number of carbonyl (C=O) groups excluding carboxylic acids is 1. The van der Waals surface area contributed by atoms with E-state index >= 15 is 0 Å². The molecule has 2 heterocycles. The summed E-state index contributed by atoms with van der Waals surface area (Å²) in [6, 6.07) is 9.92. The van der Waals surface area contributed by atoms with Crippen LogP contribution in [0.4, 0.5) is 4.39 Å². The molecule has 4 rings (SSSR count). The third-order valence-corrected chi connectivity index (χ3v) is 8.60. The summed E-state index contributed by atoms with van der Waals surface area (Å²) in [6.07, 6.45) is 0.871. The second-order valence-electron chi connectivity index (χ2n) is 7.93. The minimum Gasteiger partial charge on any atom is -0.319 e. The maximum atomic E-state index is 13.3. The van der Waals surface area contributed by atoms with E-state index < -0.39 is 15.7 Å². The first-order valence-electron chi connectivity index (χ1n) is 9.91. The highest BCUT2D eigenvalue weighted by molar-refractivity contribution is 7.89. The van der Waals surface area contributed by atoms with Gasteiger partial charge in [0.1, 0.15) is 5.82 Å². The molecule has 1 atom stereocenters. The molecular weight excluding hydrogens is 464 g/mol. The van der Waals surface area contributed by atoms with Gasteiger partial charge >= 0.3 is 0 Å². The Morgan fingerprint density at radius 3 is 2.35 bits per heavy atom. The summed E-state index contributed by atoms with van der Waals surface area (Å²) in [5, 5.41) is 3.84. The number of nitrogens with zero attached hydrogens (tertiary/aromatic N) is 2. The van der Waals surface area contributed by atoms with Crippen molar-refractivity contribution < 1.29 is 17.6 Å². The number of rotatable bonds is 4. The van der Waals surface area contributed by atoms with Crippen LogP contribution in [0.2, 0.25) is 10.0 Å². The highest BCUT2D eigenvalue weighted by atomic mass is 35.5. The van der Waals surface area contributed by atoms with Gasteiger partial charge in [0.2, 0.25) is 15.9 Å². The fraction of sp³-hybridized carbons (Fsp3) is 0.381. The largest absolute Gasteiger partial charge is 0.319 e.